The van der Waals surface area contributed by atoms with Crippen molar-refractivity contribution in [1.29, 1.82) is 0 Å². The van der Waals surface area contributed by atoms with Gasteiger partial charge >= 0.3 is 0 Å². The quantitative estimate of drug-likeness (QED) is 0.624. The standard InChI is InChI=1S/C10H13.CH3.Lr/c1-4-10-7-8(2)5-6-9(10)3;;/h4-7H,1-3H3;1H3;/q2*-1;. The van der Waals surface area contributed by atoms with Crippen LogP contribution in [0.5, 0.6) is 0 Å². The van der Waals surface area contributed by atoms with Crippen LogP contribution in [-0.4, -0.2) is 0 Å². The van der Waals surface area contributed by atoms with Crippen molar-refractivity contribution in [2.45, 2.75) is 20.8 Å². The van der Waals surface area contributed by atoms with Crippen LogP contribution in [-0.2, 0) is 0 Å². The molecule has 0 bridgehead atoms. The van der Waals surface area contributed by atoms with E-state index in [1.165, 1.54) is 16.7 Å². The van der Waals surface area contributed by atoms with E-state index in [1.807, 2.05) is 0 Å². The molecule has 0 unspecified atom stereocenters. The molecule has 0 aliphatic carbocycles. The maximum Gasteiger partial charge on any atom is 0 e. The second-order valence-corrected chi connectivity index (χ2v) is 2.65. The zero-order valence-corrected chi connectivity index (χ0v) is 10.2. The first-order valence-corrected chi connectivity index (χ1v) is 3.60. The first-order valence-electron chi connectivity index (χ1n) is 3.60. The third kappa shape index (κ3) is 2.37. The second kappa shape index (κ2) is 4.84. The zero-order chi connectivity index (χ0) is 7.56. The summed E-state index contributed by atoms with van der Waals surface area (Å²) >= 11 is 0. The van der Waals surface area contributed by atoms with Gasteiger partial charge in [-0.1, -0.05) is 26.8 Å². The molecule has 0 saturated heterocycles. The molecule has 0 fully saturated rings. The van der Waals surface area contributed by atoms with Gasteiger partial charge in [-0.05, 0) is 0 Å². The topological polar surface area (TPSA) is 0 Å². The van der Waals surface area contributed by atoms with Gasteiger partial charge in [-0.2, -0.15) is 23.6 Å². The van der Waals surface area contributed by atoms with Crippen molar-refractivity contribution in [3.8, 4) is 0 Å². The molecule has 1 radical (unpaired) electrons. The summed E-state index contributed by atoms with van der Waals surface area (Å²) in [6, 6.07) is 6.50. The van der Waals surface area contributed by atoms with E-state index in [2.05, 4.69) is 45.4 Å². The second-order valence-electron chi connectivity index (χ2n) is 2.65. The Morgan fingerprint density at radius 1 is 1.17 bits per heavy atom. The normalized spacial score (nSPS) is 7.92. The summed E-state index contributed by atoms with van der Waals surface area (Å²) in [5, 5.41) is 0. The zero-order valence-electron chi connectivity index (χ0n) is 8.07. The largest absolute Gasteiger partial charge is 0.358 e. The fraction of sp³-hybridized carbons (Fsp3) is 0.273. The van der Waals surface area contributed by atoms with E-state index in [0.717, 1.165) is 0 Å². The van der Waals surface area contributed by atoms with Crippen LogP contribution < -0.4 is 0 Å². The number of hydrogen-bond donors (Lipinski definition) is 0. The van der Waals surface area contributed by atoms with Gasteiger partial charge in [0.25, 0.3) is 0 Å². The van der Waals surface area contributed by atoms with Gasteiger partial charge in [-0.3, -0.25) is 0 Å². The Labute approximate surface area is 70.3 Å². The van der Waals surface area contributed by atoms with Crippen LogP contribution in [0.15, 0.2) is 18.2 Å². The SMILES string of the molecule is C[CH-]c1cc(C)ccc1C.[CH3-].[Lr]. The summed E-state index contributed by atoms with van der Waals surface area (Å²) in [5.41, 5.74) is 4.03. The molecule has 1 aromatic rings. The molecule has 0 heterocycles. The molecule has 0 N–H and O–H groups in total. The van der Waals surface area contributed by atoms with Crippen molar-refractivity contribution >= 4 is 0 Å². The van der Waals surface area contributed by atoms with E-state index < -0.39 is 0 Å². The molecule has 0 aliphatic rings. The number of aryl methyl sites for hydroxylation is 2. The minimum Gasteiger partial charge on any atom is -0.358 e. The van der Waals surface area contributed by atoms with Crippen molar-refractivity contribution < 1.29 is 0 Å². The van der Waals surface area contributed by atoms with Crippen LogP contribution in [0.2, 0.25) is 0 Å². The third-order valence-corrected chi connectivity index (χ3v) is 1.75. The molecule has 77 valence electrons. The molecule has 1 rings (SSSR count). The van der Waals surface area contributed by atoms with E-state index >= 15 is 0 Å². The molecule has 12 heavy (non-hydrogen) atoms. The van der Waals surface area contributed by atoms with E-state index in [9.17, 15) is 0 Å². The van der Waals surface area contributed by atoms with Crippen LogP contribution >= 0.6 is 0 Å². The first-order chi connectivity index (χ1) is 4.74. The number of benzene rings is 1. The third-order valence-electron chi connectivity index (χ3n) is 1.75. The maximum atomic E-state index is 2.20. The van der Waals surface area contributed by atoms with Gasteiger partial charge < -0.3 is 7.43 Å². The molecule has 0 spiro atoms. The average molecular weight is 410 g/mol. The van der Waals surface area contributed by atoms with E-state index in [4.69, 9.17) is 0 Å². The summed E-state index contributed by atoms with van der Waals surface area (Å²) in [7, 11) is 0. The molecule has 1 heteroatoms. The van der Waals surface area contributed by atoms with Crippen LogP contribution in [0.4, 0.5) is 0 Å². The number of rotatable bonds is 1. The fourth-order valence-corrected chi connectivity index (χ4v) is 1.07. The van der Waals surface area contributed by atoms with Crippen LogP contribution in [0.1, 0.15) is 23.6 Å². The van der Waals surface area contributed by atoms with Crippen molar-refractivity contribution in [3.63, 3.8) is 0 Å². The van der Waals surface area contributed by atoms with Crippen LogP contribution in [0, 0.1) is 27.7 Å². The van der Waals surface area contributed by atoms with E-state index in [0.29, 0.717) is 0 Å². The number of hydrogen-bond acceptors (Lipinski definition) is 0. The smallest absolute Gasteiger partial charge is 0 e. The van der Waals surface area contributed by atoms with Gasteiger partial charge in [-0.25, -0.2) is 0 Å². The molecule has 0 saturated carbocycles. The Bertz CT molecular complexity index is 228. The van der Waals surface area contributed by atoms with Crippen molar-refractivity contribution in [2.75, 3.05) is 0 Å². The molecule has 0 aromatic heterocycles. The van der Waals surface area contributed by atoms with Crippen LogP contribution in [0.3, 0.4) is 0 Å². The van der Waals surface area contributed by atoms with Gasteiger partial charge in [-0.15, -0.1) is 11.6 Å². The Morgan fingerprint density at radius 2 is 1.75 bits per heavy atom. The minimum atomic E-state index is 0. The summed E-state index contributed by atoms with van der Waals surface area (Å²) in [4.78, 5) is 0. The minimum absolute atomic E-state index is 0. The predicted octanol–water partition coefficient (Wildman–Crippen LogP) is 3.33. The van der Waals surface area contributed by atoms with Gasteiger partial charge in [0.2, 0.25) is 0 Å². The van der Waals surface area contributed by atoms with E-state index in [-0.39, 0.29) is 7.43 Å². The Kier molecular flexibility index (Phi) is 5.13. The molecule has 1 aromatic carbocycles. The molecule has 0 amide bonds. The summed E-state index contributed by atoms with van der Waals surface area (Å²) in [6.07, 6.45) is 2.14. The molecular weight excluding hydrogens is 394 g/mol. The van der Waals surface area contributed by atoms with Gasteiger partial charge in [0.05, 0.1) is 0 Å². The van der Waals surface area contributed by atoms with Crippen LogP contribution in [0.25, 0.3) is 0 Å². The monoisotopic (exact) mass is 410 g/mol. The Hall–Kier alpha value is -1.91. The van der Waals surface area contributed by atoms with Gasteiger partial charge in [0.1, 0.15) is 0 Å². The molecule has 0 aliphatic heterocycles. The molecule has 0 atom stereocenters. The molecular formula is C11H16Lr-2. The summed E-state index contributed by atoms with van der Waals surface area (Å²) < 4.78 is 0. The van der Waals surface area contributed by atoms with Crippen molar-refractivity contribution in [3.05, 3.63) is 48.7 Å². The molecule has 0 nitrogen and oxygen atoms in total. The Morgan fingerprint density at radius 3 is 2.17 bits per heavy atom. The summed E-state index contributed by atoms with van der Waals surface area (Å²) in [5.74, 6) is 0. The van der Waals surface area contributed by atoms with Crippen molar-refractivity contribution in [1.82, 2.24) is 0 Å². The van der Waals surface area contributed by atoms with Gasteiger partial charge in [0.15, 0.2) is 0 Å². The maximum absolute atomic E-state index is 2.20. The Balaban J connectivity index is 0. The van der Waals surface area contributed by atoms with Crippen molar-refractivity contribution in [2.24, 2.45) is 0 Å². The fourth-order valence-electron chi connectivity index (χ4n) is 1.07. The van der Waals surface area contributed by atoms with E-state index in [1.54, 1.807) is 0 Å². The summed E-state index contributed by atoms with van der Waals surface area (Å²) in [6.45, 7) is 6.32. The first kappa shape index (κ1) is 12.7. The predicted molar refractivity (Wildman–Crippen MR) is 51.4 cm³/mol. The van der Waals surface area contributed by atoms with Gasteiger partial charge in [0, 0.05) is 0 Å². The average Bonchev–Trinajstić information content (AvgIpc) is 1.94.